The Morgan fingerprint density at radius 1 is 1.00 bits per heavy atom. The fraction of sp³-hybridized carbons (Fsp3) is 0.615. The number of methoxy groups -OCH3 is 1. The Hall–Kier alpha value is -1.72. The van der Waals surface area contributed by atoms with Crippen LogP contribution in [-0.2, 0) is 14.8 Å². The van der Waals surface area contributed by atoms with Gasteiger partial charge in [0.2, 0.25) is 0 Å². The number of rotatable bonds is 11. The summed E-state index contributed by atoms with van der Waals surface area (Å²) in [5, 5.41) is 1.01. The van der Waals surface area contributed by atoms with Gasteiger partial charge in [-0.2, -0.15) is 0 Å². The lowest BCUT2D eigenvalue weighted by molar-refractivity contribution is -0.0505. The number of benzene rings is 1. The Labute approximate surface area is 190 Å². The number of hydrogen-bond acceptors (Lipinski definition) is 4. The van der Waals surface area contributed by atoms with E-state index < -0.39 is 15.0 Å². The normalized spacial score (nSPS) is 14.1. The molecule has 0 fully saturated rings. The molecule has 0 saturated carbocycles. The van der Waals surface area contributed by atoms with E-state index in [1.165, 1.54) is 39.2 Å². The first-order chi connectivity index (χ1) is 14.6. The first kappa shape index (κ1) is 25.5. The number of nitrogens with zero attached hydrogens (tertiary/aromatic N) is 1. The van der Waals surface area contributed by atoms with E-state index in [2.05, 4.69) is 64.0 Å². The van der Waals surface area contributed by atoms with Crippen LogP contribution < -0.4 is 0 Å². The molecule has 0 aliphatic carbocycles. The largest absolute Gasteiger partial charge is 0.464 e. The van der Waals surface area contributed by atoms with Crippen molar-refractivity contribution in [2.24, 2.45) is 5.41 Å². The number of unbranched alkanes of at least 4 members (excludes halogenated alkanes) is 5. The summed E-state index contributed by atoms with van der Waals surface area (Å²) in [5.74, 6) is -0.410. The highest BCUT2D eigenvalue weighted by atomic mass is 28.3. The van der Waals surface area contributed by atoms with Gasteiger partial charge in [0, 0.05) is 5.39 Å². The van der Waals surface area contributed by atoms with Crippen LogP contribution in [0.2, 0.25) is 13.1 Å². The second-order valence-electron chi connectivity index (χ2n) is 9.86. The van der Waals surface area contributed by atoms with Crippen molar-refractivity contribution in [2.75, 3.05) is 7.11 Å². The standard InChI is InChI=1S/C26H41NO3Si/c1-8-9-10-11-12-13-18-26(25(2,3)4,30-31(6)7)21-16-14-20-15-17-22(24(28)29-5)27-23(20)19-21/h14-17,19,31H,8-13,18H2,1-7H3. The summed E-state index contributed by atoms with van der Waals surface area (Å²) in [4.78, 5) is 16.6. The number of aromatic nitrogens is 1. The number of esters is 1. The molecule has 31 heavy (non-hydrogen) atoms. The number of fused-ring (bicyclic) bond motifs is 1. The second-order valence-corrected chi connectivity index (χ2v) is 12.2. The van der Waals surface area contributed by atoms with E-state index in [0.29, 0.717) is 5.69 Å². The summed E-state index contributed by atoms with van der Waals surface area (Å²) in [7, 11) is 0.0628. The molecule has 0 aliphatic rings. The zero-order valence-electron chi connectivity index (χ0n) is 20.6. The van der Waals surface area contributed by atoms with Crippen molar-refractivity contribution in [3.05, 3.63) is 41.6 Å². The van der Waals surface area contributed by atoms with Crippen LogP contribution >= 0.6 is 0 Å². The van der Waals surface area contributed by atoms with Crippen LogP contribution in [0.25, 0.3) is 10.9 Å². The summed E-state index contributed by atoms with van der Waals surface area (Å²) >= 11 is 0. The predicted octanol–water partition coefficient (Wildman–Crippen LogP) is 7.01. The molecule has 0 radical (unpaired) electrons. The Balaban J connectivity index is 2.45. The molecule has 2 rings (SSSR count). The summed E-state index contributed by atoms with van der Waals surface area (Å²) in [6, 6.07) is 10.1. The summed E-state index contributed by atoms with van der Waals surface area (Å²) in [6.45, 7) is 13.6. The minimum Gasteiger partial charge on any atom is -0.464 e. The van der Waals surface area contributed by atoms with E-state index >= 15 is 0 Å². The van der Waals surface area contributed by atoms with Crippen LogP contribution in [0.4, 0.5) is 0 Å². The lowest BCUT2D eigenvalue weighted by atomic mass is 9.69. The Bertz CT molecular complexity index is 859. The van der Waals surface area contributed by atoms with Gasteiger partial charge in [0.1, 0.15) is 5.69 Å². The van der Waals surface area contributed by atoms with Crippen LogP contribution in [0.5, 0.6) is 0 Å². The molecule has 0 spiro atoms. The monoisotopic (exact) mass is 443 g/mol. The fourth-order valence-corrected chi connectivity index (χ4v) is 5.81. The van der Waals surface area contributed by atoms with Gasteiger partial charge < -0.3 is 9.16 Å². The molecule has 1 unspecified atom stereocenters. The van der Waals surface area contributed by atoms with Gasteiger partial charge >= 0.3 is 5.97 Å². The molecule has 0 N–H and O–H groups in total. The number of ether oxygens (including phenoxy) is 1. The van der Waals surface area contributed by atoms with Crippen LogP contribution in [0.3, 0.4) is 0 Å². The highest BCUT2D eigenvalue weighted by Crippen LogP contribution is 2.47. The average molecular weight is 444 g/mol. The molecule has 0 bridgehead atoms. The molecule has 0 amide bonds. The zero-order chi connectivity index (χ0) is 23.1. The van der Waals surface area contributed by atoms with Crippen molar-refractivity contribution in [2.45, 2.75) is 91.3 Å². The molecule has 2 aromatic rings. The Morgan fingerprint density at radius 3 is 2.26 bits per heavy atom. The minimum atomic E-state index is -1.32. The van der Waals surface area contributed by atoms with E-state index in [0.717, 1.165) is 29.3 Å². The maximum Gasteiger partial charge on any atom is 0.356 e. The third kappa shape index (κ3) is 6.39. The number of carbonyl (C=O) groups excluding carboxylic acids is 1. The van der Waals surface area contributed by atoms with Crippen molar-refractivity contribution in [3.63, 3.8) is 0 Å². The Kier molecular flexibility index (Phi) is 9.25. The number of pyridine rings is 1. The first-order valence-electron chi connectivity index (χ1n) is 11.8. The lowest BCUT2D eigenvalue weighted by Gasteiger charge is -2.47. The van der Waals surface area contributed by atoms with E-state index in [4.69, 9.17) is 9.16 Å². The predicted molar refractivity (Wildman–Crippen MR) is 132 cm³/mol. The topological polar surface area (TPSA) is 48.4 Å². The van der Waals surface area contributed by atoms with Gasteiger partial charge in [-0.15, -0.1) is 0 Å². The molecule has 1 atom stereocenters. The molecule has 0 aliphatic heterocycles. The summed E-state index contributed by atoms with van der Waals surface area (Å²) < 4.78 is 11.7. The maximum absolute atomic E-state index is 12.0. The van der Waals surface area contributed by atoms with Gasteiger partial charge in [0.05, 0.1) is 18.2 Å². The third-order valence-corrected chi connectivity index (χ3v) is 6.96. The second kappa shape index (κ2) is 11.2. The van der Waals surface area contributed by atoms with Crippen molar-refractivity contribution in [1.82, 2.24) is 4.98 Å². The zero-order valence-corrected chi connectivity index (χ0v) is 21.7. The average Bonchev–Trinajstić information content (AvgIpc) is 2.72. The van der Waals surface area contributed by atoms with Gasteiger partial charge in [-0.25, -0.2) is 9.78 Å². The van der Waals surface area contributed by atoms with Crippen LogP contribution in [0, 0.1) is 5.41 Å². The van der Waals surface area contributed by atoms with E-state index in [-0.39, 0.29) is 11.0 Å². The minimum absolute atomic E-state index is 0.0681. The molecule has 5 heteroatoms. The quantitative estimate of drug-likeness (QED) is 0.213. The SMILES string of the molecule is CCCCCCCCC(O[SiH](C)C)(c1ccc2ccc(C(=O)OC)nc2c1)C(C)(C)C. The smallest absolute Gasteiger partial charge is 0.356 e. The highest BCUT2D eigenvalue weighted by Gasteiger charge is 2.44. The maximum atomic E-state index is 12.0. The summed E-state index contributed by atoms with van der Waals surface area (Å²) in [5.41, 5.74) is 1.88. The van der Waals surface area contributed by atoms with Crippen molar-refractivity contribution >= 4 is 25.9 Å². The molecule has 1 aromatic carbocycles. The molecule has 1 heterocycles. The molecular weight excluding hydrogens is 402 g/mol. The lowest BCUT2D eigenvalue weighted by Crippen LogP contribution is -2.45. The van der Waals surface area contributed by atoms with E-state index in [1.807, 2.05) is 6.07 Å². The number of carbonyl (C=O) groups is 1. The summed E-state index contributed by atoms with van der Waals surface area (Å²) in [6.07, 6.45) is 8.57. The van der Waals surface area contributed by atoms with Gasteiger partial charge in [-0.1, -0.05) is 84.4 Å². The van der Waals surface area contributed by atoms with Gasteiger partial charge in [0.25, 0.3) is 0 Å². The van der Waals surface area contributed by atoms with Crippen molar-refractivity contribution < 1.29 is 14.0 Å². The first-order valence-corrected chi connectivity index (χ1v) is 14.6. The molecule has 172 valence electrons. The van der Waals surface area contributed by atoms with E-state index in [9.17, 15) is 4.79 Å². The van der Waals surface area contributed by atoms with Gasteiger partial charge in [-0.3, -0.25) is 0 Å². The molecule has 0 saturated heterocycles. The van der Waals surface area contributed by atoms with Crippen LogP contribution in [0.1, 0.15) is 88.7 Å². The Morgan fingerprint density at radius 2 is 1.65 bits per heavy atom. The van der Waals surface area contributed by atoms with Crippen LogP contribution in [-0.4, -0.2) is 27.1 Å². The van der Waals surface area contributed by atoms with E-state index in [1.54, 1.807) is 6.07 Å². The highest BCUT2D eigenvalue weighted by molar-refractivity contribution is 6.48. The fourth-order valence-electron chi connectivity index (χ4n) is 4.40. The molecule has 4 nitrogen and oxygen atoms in total. The third-order valence-electron chi connectivity index (χ3n) is 6.08. The van der Waals surface area contributed by atoms with Crippen molar-refractivity contribution in [1.29, 1.82) is 0 Å². The van der Waals surface area contributed by atoms with Gasteiger partial charge in [0.15, 0.2) is 9.04 Å². The van der Waals surface area contributed by atoms with Crippen molar-refractivity contribution in [3.8, 4) is 0 Å². The molecule has 1 aromatic heterocycles. The van der Waals surface area contributed by atoms with Gasteiger partial charge in [-0.05, 0) is 42.6 Å². The number of hydrogen-bond donors (Lipinski definition) is 0. The molecular formula is C26H41NO3Si. The van der Waals surface area contributed by atoms with Crippen LogP contribution in [0.15, 0.2) is 30.3 Å².